The topological polar surface area (TPSA) is 74.3 Å². The number of aryl methyl sites for hydroxylation is 2. The fourth-order valence-corrected chi connectivity index (χ4v) is 5.57. The summed E-state index contributed by atoms with van der Waals surface area (Å²) in [4.78, 5) is 25.2. The first-order valence-electron chi connectivity index (χ1n) is 12.4. The number of imidazole rings is 1. The molecule has 1 amide bonds. The van der Waals surface area contributed by atoms with Crippen molar-refractivity contribution in [1.82, 2.24) is 14.5 Å². The molecule has 2 aliphatic heterocycles. The van der Waals surface area contributed by atoms with Gasteiger partial charge in [0, 0.05) is 44.2 Å². The average molecular weight is 466 g/mol. The predicted octanol–water partition coefficient (Wildman–Crippen LogP) is 4.96. The van der Waals surface area contributed by atoms with E-state index in [0.717, 1.165) is 84.1 Å². The number of fused-ring (bicyclic) bond motifs is 1. The Morgan fingerprint density at radius 3 is 2.43 bits per heavy atom. The van der Waals surface area contributed by atoms with Crippen LogP contribution in [0, 0.1) is 25.2 Å². The number of rotatable bonds is 3. The van der Waals surface area contributed by atoms with Crippen molar-refractivity contribution in [3.05, 3.63) is 75.6 Å². The molecule has 2 aromatic carbocycles. The third-order valence-corrected chi connectivity index (χ3v) is 7.54. The molecule has 0 bridgehead atoms. The van der Waals surface area contributed by atoms with Crippen LogP contribution in [-0.2, 0) is 13.5 Å². The summed E-state index contributed by atoms with van der Waals surface area (Å²) >= 11 is 0. The van der Waals surface area contributed by atoms with Gasteiger partial charge in [-0.05, 0) is 74.4 Å². The molecule has 0 atom stereocenters. The molecule has 6 nitrogen and oxygen atoms in total. The summed E-state index contributed by atoms with van der Waals surface area (Å²) in [6, 6.07) is 14.2. The van der Waals surface area contributed by atoms with E-state index in [4.69, 9.17) is 10.2 Å². The molecular formula is C29H31N5O. The molecule has 5 rings (SSSR count). The number of nitriles is 1. The van der Waals surface area contributed by atoms with Crippen LogP contribution in [0.5, 0.6) is 0 Å². The van der Waals surface area contributed by atoms with Crippen LogP contribution in [0.4, 0.5) is 0 Å². The van der Waals surface area contributed by atoms with E-state index < -0.39 is 0 Å². The number of carbonyl (C=O) groups is 1. The summed E-state index contributed by atoms with van der Waals surface area (Å²) < 4.78 is 2.13. The van der Waals surface area contributed by atoms with E-state index in [1.165, 1.54) is 5.56 Å². The zero-order valence-corrected chi connectivity index (χ0v) is 20.9. The van der Waals surface area contributed by atoms with Gasteiger partial charge in [-0.3, -0.25) is 9.79 Å². The molecule has 2 aliphatic rings. The van der Waals surface area contributed by atoms with Crippen molar-refractivity contribution >= 4 is 11.6 Å². The maximum absolute atomic E-state index is 13.6. The number of aromatic nitrogens is 2. The van der Waals surface area contributed by atoms with E-state index in [2.05, 4.69) is 40.8 Å². The Labute approximate surface area is 206 Å². The van der Waals surface area contributed by atoms with Gasteiger partial charge < -0.3 is 9.47 Å². The van der Waals surface area contributed by atoms with E-state index in [1.54, 1.807) is 0 Å². The molecule has 0 radical (unpaired) electrons. The normalized spacial score (nSPS) is 16.0. The number of hydrogen-bond acceptors (Lipinski definition) is 4. The number of piperidine rings is 1. The fourth-order valence-electron chi connectivity index (χ4n) is 5.57. The van der Waals surface area contributed by atoms with Crippen LogP contribution < -0.4 is 0 Å². The molecule has 0 unspecified atom stereocenters. The molecule has 178 valence electrons. The summed E-state index contributed by atoms with van der Waals surface area (Å²) in [6.45, 7) is 8.41. The Morgan fingerprint density at radius 1 is 1.06 bits per heavy atom. The van der Waals surface area contributed by atoms with Crippen LogP contribution in [0.2, 0.25) is 0 Å². The van der Waals surface area contributed by atoms with E-state index in [-0.39, 0.29) is 5.91 Å². The van der Waals surface area contributed by atoms with Gasteiger partial charge in [-0.15, -0.1) is 0 Å². The van der Waals surface area contributed by atoms with Crippen LogP contribution in [0.25, 0.3) is 11.4 Å². The van der Waals surface area contributed by atoms with Gasteiger partial charge in [0.25, 0.3) is 5.91 Å². The zero-order chi connectivity index (χ0) is 24.7. The molecule has 1 saturated heterocycles. The number of carbonyl (C=O) groups excluding carboxylic acids is 1. The van der Waals surface area contributed by atoms with Crippen LogP contribution in [0.3, 0.4) is 0 Å². The van der Waals surface area contributed by atoms with Gasteiger partial charge in [-0.2, -0.15) is 5.26 Å². The summed E-state index contributed by atoms with van der Waals surface area (Å²) in [5.41, 5.74) is 9.05. The van der Waals surface area contributed by atoms with Crippen LogP contribution >= 0.6 is 0 Å². The maximum atomic E-state index is 13.6. The van der Waals surface area contributed by atoms with Crippen LogP contribution in [-0.4, -0.2) is 45.7 Å². The SMILES string of the molecule is CC1=NCCc2nc(-c3cc(C(=O)N4CCC(c5ccc(C#N)cc5)CC4)c(C)cc3C)n(C)c21. The van der Waals surface area contributed by atoms with Crippen molar-refractivity contribution in [2.24, 2.45) is 12.0 Å². The molecule has 6 heteroatoms. The Kier molecular flexibility index (Phi) is 6.02. The number of hydrogen-bond donors (Lipinski definition) is 0. The van der Waals surface area contributed by atoms with Crippen molar-refractivity contribution in [3.8, 4) is 17.5 Å². The van der Waals surface area contributed by atoms with Crippen LogP contribution in [0.1, 0.15) is 69.7 Å². The number of benzene rings is 2. The molecule has 3 heterocycles. The number of nitrogens with zero attached hydrogens (tertiary/aromatic N) is 5. The smallest absolute Gasteiger partial charge is 0.254 e. The highest BCUT2D eigenvalue weighted by Gasteiger charge is 2.27. The lowest BCUT2D eigenvalue weighted by atomic mass is 9.88. The summed E-state index contributed by atoms with van der Waals surface area (Å²) in [5.74, 6) is 1.42. The molecule has 0 saturated carbocycles. The first-order valence-corrected chi connectivity index (χ1v) is 12.4. The Bertz CT molecular complexity index is 1370. The highest BCUT2D eigenvalue weighted by atomic mass is 16.2. The summed E-state index contributed by atoms with van der Waals surface area (Å²) in [7, 11) is 2.04. The lowest BCUT2D eigenvalue weighted by Crippen LogP contribution is -2.38. The molecule has 0 N–H and O–H groups in total. The number of aliphatic imine (C=N–C) groups is 1. The van der Waals surface area contributed by atoms with Crippen molar-refractivity contribution in [2.75, 3.05) is 19.6 Å². The van der Waals surface area contributed by atoms with Crippen molar-refractivity contribution < 1.29 is 4.79 Å². The molecule has 0 spiro atoms. The summed E-state index contributed by atoms with van der Waals surface area (Å²) in [6.07, 6.45) is 2.71. The predicted molar refractivity (Wildman–Crippen MR) is 138 cm³/mol. The van der Waals surface area contributed by atoms with Gasteiger partial charge in [0.1, 0.15) is 5.82 Å². The molecular weight excluding hydrogens is 434 g/mol. The van der Waals surface area contributed by atoms with Crippen LogP contribution in [0.15, 0.2) is 41.4 Å². The lowest BCUT2D eigenvalue weighted by Gasteiger charge is -2.33. The highest BCUT2D eigenvalue weighted by molar-refractivity contribution is 6.00. The second kappa shape index (κ2) is 9.14. The Morgan fingerprint density at radius 2 is 1.77 bits per heavy atom. The third-order valence-electron chi connectivity index (χ3n) is 7.54. The van der Waals surface area contributed by atoms with Crippen molar-refractivity contribution in [2.45, 2.75) is 46.0 Å². The molecule has 0 aliphatic carbocycles. The molecule has 1 aromatic heterocycles. The van der Waals surface area contributed by atoms with Gasteiger partial charge in [-0.25, -0.2) is 4.98 Å². The largest absolute Gasteiger partial charge is 0.339 e. The summed E-state index contributed by atoms with van der Waals surface area (Å²) in [5, 5.41) is 9.04. The average Bonchev–Trinajstić information content (AvgIpc) is 3.21. The third kappa shape index (κ3) is 4.16. The Hall–Kier alpha value is -3.72. The minimum absolute atomic E-state index is 0.0961. The first kappa shape index (κ1) is 23.0. The minimum Gasteiger partial charge on any atom is -0.339 e. The number of likely N-dealkylation sites (tertiary alicyclic amines) is 1. The second-order valence-electron chi connectivity index (χ2n) is 9.79. The van der Waals surface area contributed by atoms with Crippen molar-refractivity contribution in [1.29, 1.82) is 5.26 Å². The molecule has 3 aromatic rings. The maximum Gasteiger partial charge on any atom is 0.254 e. The van der Waals surface area contributed by atoms with Crippen molar-refractivity contribution in [3.63, 3.8) is 0 Å². The van der Waals surface area contributed by atoms with Gasteiger partial charge in [0.15, 0.2) is 0 Å². The first-order chi connectivity index (χ1) is 16.9. The van der Waals surface area contributed by atoms with E-state index in [1.807, 2.05) is 44.0 Å². The van der Waals surface area contributed by atoms with Gasteiger partial charge >= 0.3 is 0 Å². The van der Waals surface area contributed by atoms with E-state index in [9.17, 15) is 4.79 Å². The van der Waals surface area contributed by atoms with E-state index in [0.29, 0.717) is 11.5 Å². The zero-order valence-electron chi connectivity index (χ0n) is 20.9. The lowest BCUT2D eigenvalue weighted by molar-refractivity contribution is 0.0712. The monoisotopic (exact) mass is 465 g/mol. The number of amides is 1. The highest BCUT2D eigenvalue weighted by Crippen LogP contribution is 2.32. The standard InChI is InChI=1S/C29H31N5O/c1-18-15-19(2)25(16-24(18)28-32-26-9-12-31-20(3)27(26)33(28)4)29(35)34-13-10-23(11-14-34)22-7-5-21(17-30)6-8-22/h5-8,15-16,23H,9-14H2,1-4H3. The van der Waals surface area contributed by atoms with E-state index >= 15 is 0 Å². The van der Waals surface area contributed by atoms with Gasteiger partial charge in [0.05, 0.1) is 28.7 Å². The van der Waals surface area contributed by atoms with Gasteiger partial charge in [0.2, 0.25) is 0 Å². The Balaban J connectivity index is 1.38. The molecule has 1 fully saturated rings. The quantitative estimate of drug-likeness (QED) is 0.549. The fraction of sp³-hybridized carbons (Fsp3) is 0.379. The molecule has 35 heavy (non-hydrogen) atoms. The second-order valence-corrected chi connectivity index (χ2v) is 9.79. The van der Waals surface area contributed by atoms with Gasteiger partial charge in [-0.1, -0.05) is 18.2 Å². The minimum atomic E-state index is 0.0961.